The van der Waals surface area contributed by atoms with Crippen LogP contribution in [-0.4, -0.2) is 4.98 Å². The van der Waals surface area contributed by atoms with Gasteiger partial charge in [0.25, 0.3) is 0 Å². The maximum atomic E-state index is 9.08. The summed E-state index contributed by atoms with van der Waals surface area (Å²) >= 11 is 0. The zero-order valence-corrected chi connectivity index (χ0v) is 8.90. The highest BCUT2D eigenvalue weighted by atomic mass is 14.9. The summed E-state index contributed by atoms with van der Waals surface area (Å²) in [5.74, 6) is 1.45. The minimum atomic E-state index is 0.373. The number of aromatic nitrogens is 1. The standard InChI is InChI=1S/C13H13N3/c14-7-11-10-6-5-8-3-1-2-4-9(8)12(10)16-13(11)15/h1-4,8-9,16H,5-6,15H2. The van der Waals surface area contributed by atoms with Gasteiger partial charge in [-0.1, -0.05) is 24.3 Å². The summed E-state index contributed by atoms with van der Waals surface area (Å²) in [5.41, 5.74) is 8.75. The monoisotopic (exact) mass is 211 g/mol. The second-order valence-electron chi connectivity index (χ2n) is 4.42. The van der Waals surface area contributed by atoms with Crippen LogP contribution in [0.1, 0.15) is 29.2 Å². The van der Waals surface area contributed by atoms with E-state index in [0.717, 1.165) is 24.1 Å². The van der Waals surface area contributed by atoms with Crippen LogP contribution in [0.3, 0.4) is 0 Å². The number of rotatable bonds is 0. The van der Waals surface area contributed by atoms with Crippen molar-refractivity contribution in [1.29, 1.82) is 5.26 Å². The molecule has 3 rings (SSSR count). The quantitative estimate of drug-likeness (QED) is 0.691. The van der Waals surface area contributed by atoms with E-state index in [4.69, 9.17) is 11.0 Å². The van der Waals surface area contributed by atoms with Crippen LogP contribution in [0.25, 0.3) is 0 Å². The van der Waals surface area contributed by atoms with Crippen LogP contribution in [0, 0.1) is 17.2 Å². The highest BCUT2D eigenvalue weighted by molar-refractivity contribution is 5.59. The van der Waals surface area contributed by atoms with Crippen LogP contribution in [0.4, 0.5) is 5.82 Å². The molecule has 1 aromatic rings. The van der Waals surface area contributed by atoms with Gasteiger partial charge in [-0.15, -0.1) is 0 Å². The van der Waals surface area contributed by atoms with E-state index in [9.17, 15) is 0 Å². The minimum Gasteiger partial charge on any atom is -0.384 e. The second kappa shape index (κ2) is 3.28. The van der Waals surface area contributed by atoms with E-state index in [1.54, 1.807) is 0 Å². The summed E-state index contributed by atoms with van der Waals surface area (Å²) in [6, 6.07) is 2.20. The van der Waals surface area contributed by atoms with E-state index in [-0.39, 0.29) is 0 Å². The maximum absolute atomic E-state index is 9.08. The molecule has 0 aromatic carbocycles. The molecule has 0 saturated heterocycles. The second-order valence-corrected chi connectivity index (χ2v) is 4.42. The highest BCUT2D eigenvalue weighted by Gasteiger charge is 2.31. The first-order chi connectivity index (χ1) is 7.81. The first-order valence-electron chi connectivity index (χ1n) is 5.56. The molecule has 0 bridgehead atoms. The minimum absolute atomic E-state index is 0.373. The Labute approximate surface area is 94.3 Å². The Morgan fingerprint density at radius 1 is 1.38 bits per heavy atom. The van der Waals surface area contributed by atoms with Crippen LogP contribution in [0.5, 0.6) is 0 Å². The van der Waals surface area contributed by atoms with E-state index in [1.165, 1.54) is 0 Å². The lowest BCUT2D eigenvalue weighted by Gasteiger charge is -2.29. The number of hydrogen-bond acceptors (Lipinski definition) is 2. The smallest absolute Gasteiger partial charge is 0.119 e. The van der Waals surface area contributed by atoms with Gasteiger partial charge in [0.1, 0.15) is 11.9 Å². The zero-order chi connectivity index (χ0) is 11.1. The molecule has 0 amide bonds. The lowest BCUT2D eigenvalue weighted by atomic mass is 9.76. The molecule has 0 spiro atoms. The average Bonchev–Trinajstić information content (AvgIpc) is 2.65. The first-order valence-corrected chi connectivity index (χ1v) is 5.56. The Hall–Kier alpha value is -1.95. The molecule has 2 unspecified atom stereocenters. The van der Waals surface area contributed by atoms with Crippen molar-refractivity contribution in [2.24, 2.45) is 5.92 Å². The third-order valence-corrected chi connectivity index (χ3v) is 3.59. The molecule has 2 aliphatic carbocycles. The summed E-state index contributed by atoms with van der Waals surface area (Å²) in [6.45, 7) is 0. The fourth-order valence-corrected chi connectivity index (χ4v) is 2.80. The summed E-state index contributed by atoms with van der Waals surface area (Å²) in [7, 11) is 0. The van der Waals surface area contributed by atoms with Gasteiger partial charge in [-0.25, -0.2) is 0 Å². The van der Waals surface area contributed by atoms with Gasteiger partial charge in [-0.3, -0.25) is 0 Å². The van der Waals surface area contributed by atoms with Gasteiger partial charge < -0.3 is 10.7 Å². The Bertz CT molecular complexity index is 528. The van der Waals surface area contributed by atoms with Crippen LogP contribution < -0.4 is 5.73 Å². The van der Waals surface area contributed by atoms with E-state index in [1.807, 2.05) is 0 Å². The van der Waals surface area contributed by atoms with Gasteiger partial charge in [0.05, 0.1) is 5.56 Å². The molecular formula is C13H13N3. The number of allylic oxidation sites excluding steroid dienone is 4. The number of aromatic amines is 1. The molecule has 3 nitrogen and oxygen atoms in total. The number of nitrogens with two attached hydrogens (primary N) is 1. The van der Waals surface area contributed by atoms with Crippen molar-refractivity contribution in [1.82, 2.24) is 4.98 Å². The topological polar surface area (TPSA) is 65.6 Å². The first kappa shape index (κ1) is 9.29. The summed E-state index contributed by atoms with van der Waals surface area (Å²) in [4.78, 5) is 3.19. The van der Waals surface area contributed by atoms with Gasteiger partial charge in [-0.2, -0.15) is 5.26 Å². The van der Waals surface area contributed by atoms with Crippen molar-refractivity contribution >= 4 is 5.82 Å². The predicted molar refractivity (Wildman–Crippen MR) is 62.8 cm³/mol. The average molecular weight is 211 g/mol. The Morgan fingerprint density at radius 3 is 3.00 bits per heavy atom. The zero-order valence-electron chi connectivity index (χ0n) is 8.90. The predicted octanol–water partition coefficient (Wildman–Crippen LogP) is 2.24. The van der Waals surface area contributed by atoms with Gasteiger partial charge in [-0.05, 0) is 24.3 Å². The SMILES string of the molecule is N#Cc1c(N)[nH]c2c1CCC1C=CC=CC21. The van der Waals surface area contributed by atoms with Crippen molar-refractivity contribution in [3.63, 3.8) is 0 Å². The largest absolute Gasteiger partial charge is 0.384 e. The highest BCUT2D eigenvalue weighted by Crippen LogP contribution is 2.41. The van der Waals surface area contributed by atoms with E-state index in [0.29, 0.717) is 23.2 Å². The number of nitrogens with zero attached hydrogens (tertiary/aromatic N) is 1. The van der Waals surface area contributed by atoms with Crippen LogP contribution in [0.2, 0.25) is 0 Å². The Balaban J connectivity index is 2.14. The van der Waals surface area contributed by atoms with Gasteiger partial charge in [0.2, 0.25) is 0 Å². The van der Waals surface area contributed by atoms with E-state index in [2.05, 4.69) is 35.4 Å². The molecule has 3 N–H and O–H groups in total. The van der Waals surface area contributed by atoms with Gasteiger partial charge >= 0.3 is 0 Å². The summed E-state index contributed by atoms with van der Waals surface area (Å²) < 4.78 is 0. The third kappa shape index (κ3) is 1.13. The molecular weight excluding hydrogens is 198 g/mol. The van der Waals surface area contributed by atoms with Crippen LogP contribution >= 0.6 is 0 Å². The van der Waals surface area contributed by atoms with E-state index < -0.39 is 0 Å². The molecule has 1 heterocycles. The molecule has 2 aliphatic rings. The fraction of sp³-hybridized carbons (Fsp3) is 0.308. The lowest BCUT2D eigenvalue weighted by Crippen LogP contribution is -2.19. The van der Waals surface area contributed by atoms with Gasteiger partial charge in [0.15, 0.2) is 0 Å². The lowest BCUT2D eigenvalue weighted by molar-refractivity contribution is 0.492. The maximum Gasteiger partial charge on any atom is 0.119 e. The molecule has 2 atom stereocenters. The van der Waals surface area contributed by atoms with Crippen molar-refractivity contribution in [3.05, 3.63) is 41.1 Å². The number of fused-ring (bicyclic) bond motifs is 3. The molecule has 3 heteroatoms. The van der Waals surface area contributed by atoms with Crippen LogP contribution in [-0.2, 0) is 6.42 Å². The molecule has 80 valence electrons. The number of nitrogens with one attached hydrogen (secondary N) is 1. The fourth-order valence-electron chi connectivity index (χ4n) is 2.80. The van der Waals surface area contributed by atoms with Crippen molar-refractivity contribution < 1.29 is 0 Å². The number of H-pyrrole nitrogens is 1. The number of nitriles is 1. The summed E-state index contributed by atoms with van der Waals surface area (Å²) in [5, 5.41) is 9.08. The summed E-state index contributed by atoms with van der Waals surface area (Å²) in [6.07, 6.45) is 10.7. The molecule has 0 saturated carbocycles. The molecule has 1 aromatic heterocycles. The molecule has 0 radical (unpaired) electrons. The van der Waals surface area contributed by atoms with Crippen molar-refractivity contribution in [3.8, 4) is 6.07 Å². The number of hydrogen-bond donors (Lipinski definition) is 2. The number of nitrogen functional groups attached to an aromatic ring is 1. The van der Waals surface area contributed by atoms with Crippen molar-refractivity contribution in [2.45, 2.75) is 18.8 Å². The van der Waals surface area contributed by atoms with Crippen LogP contribution in [0.15, 0.2) is 24.3 Å². The molecule has 16 heavy (non-hydrogen) atoms. The number of anilines is 1. The Morgan fingerprint density at radius 2 is 2.19 bits per heavy atom. The normalized spacial score (nSPS) is 25.9. The third-order valence-electron chi connectivity index (χ3n) is 3.59. The van der Waals surface area contributed by atoms with Gasteiger partial charge in [0, 0.05) is 11.6 Å². The molecule has 0 fully saturated rings. The molecule has 0 aliphatic heterocycles. The van der Waals surface area contributed by atoms with Crippen molar-refractivity contribution in [2.75, 3.05) is 5.73 Å². The Kier molecular flexibility index (Phi) is 1.90. The van der Waals surface area contributed by atoms with E-state index >= 15 is 0 Å².